The molecular weight excluding hydrogens is 388 g/mol. The van der Waals surface area contributed by atoms with E-state index < -0.39 is 0 Å². The molecule has 0 bridgehead atoms. The fourth-order valence-electron chi connectivity index (χ4n) is 4.48. The van der Waals surface area contributed by atoms with Crippen molar-refractivity contribution >= 4 is 59.5 Å². The summed E-state index contributed by atoms with van der Waals surface area (Å²) in [6.07, 6.45) is 0. The van der Waals surface area contributed by atoms with Gasteiger partial charge in [-0.1, -0.05) is 59.9 Å². The monoisotopic (exact) mass is 404 g/mol. The summed E-state index contributed by atoms with van der Waals surface area (Å²) in [6.45, 7) is 2.13. The van der Waals surface area contributed by atoms with Crippen molar-refractivity contribution in [3.63, 3.8) is 0 Å². The van der Waals surface area contributed by atoms with Crippen molar-refractivity contribution in [2.45, 2.75) is 6.92 Å². The highest BCUT2D eigenvalue weighted by molar-refractivity contribution is 7.23. The Morgan fingerprint density at radius 2 is 1.73 bits per heavy atom. The molecule has 30 heavy (non-hydrogen) atoms. The Morgan fingerprint density at radius 3 is 2.70 bits per heavy atom. The molecule has 0 saturated carbocycles. The summed E-state index contributed by atoms with van der Waals surface area (Å²) in [5.41, 5.74) is 8.73. The van der Waals surface area contributed by atoms with Crippen LogP contribution in [0.4, 0.5) is 0 Å². The Labute approximate surface area is 175 Å². The maximum atomic E-state index is 6.27. The topological polar surface area (TPSA) is 30.4 Å². The van der Waals surface area contributed by atoms with E-state index in [2.05, 4.69) is 78.1 Å². The van der Waals surface area contributed by atoms with Crippen LogP contribution in [-0.2, 0) is 0 Å². The van der Waals surface area contributed by atoms with Gasteiger partial charge in [-0.15, -0.1) is 0 Å². The van der Waals surface area contributed by atoms with E-state index in [0.717, 1.165) is 49.1 Å². The van der Waals surface area contributed by atoms with Gasteiger partial charge in [0.05, 0.1) is 21.3 Å². The SMILES string of the molecule is Cc1ccc2sc3nc4ccc(-c5cccc6c5oc5ccccc56)cc4n3c2c1. The first-order valence-electron chi connectivity index (χ1n) is 9.98. The molecule has 0 aliphatic rings. The number of benzene rings is 4. The van der Waals surface area contributed by atoms with E-state index in [-0.39, 0.29) is 0 Å². The molecule has 0 atom stereocenters. The first-order chi connectivity index (χ1) is 14.8. The zero-order valence-electron chi connectivity index (χ0n) is 16.2. The van der Waals surface area contributed by atoms with Crippen molar-refractivity contribution in [3.05, 3.63) is 84.4 Å². The van der Waals surface area contributed by atoms with Crippen LogP contribution in [0.1, 0.15) is 5.56 Å². The molecule has 4 heteroatoms. The quantitative estimate of drug-likeness (QED) is 0.282. The summed E-state index contributed by atoms with van der Waals surface area (Å²) in [7, 11) is 0. The molecule has 7 rings (SSSR count). The summed E-state index contributed by atoms with van der Waals surface area (Å²) in [4.78, 5) is 5.90. The highest BCUT2D eigenvalue weighted by atomic mass is 32.1. The number of para-hydroxylation sites is 2. The molecule has 7 aromatic rings. The van der Waals surface area contributed by atoms with Crippen LogP contribution in [0.5, 0.6) is 0 Å². The van der Waals surface area contributed by atoms with E-state index in [0.29, 0.717) is 0 Å². The molecule has 0 spiro atoms. The van der Waals surface area contributed by atoms with Crippen molar-refractivity contribution in [2.24, 2.45) is 0 Å². The number of fused-ring (bicyclic) bond motifs is 8. The number of imidazole rings is 1. The number of furan rings is 1. The Bertz CT molecular complexity index is 1770. The maximum absolute atomic E-state index is 6.27. The van der Waals surface area contributed by atoms with E-state index in [1.54, 1.807) is 11.3 Å². The molecular formula is C26H16N2OS. The van der Waals surface area contributed by atoms with Gasteiger partial charge in [-0.05, 0) is 48.4 Å². The Kier molecular flexibility index (Phi) is 3.08. The summed E-state index contributed by atoms with van der Waals surface area (Å²) >= 11 is 1.74. The summed E-state index contributed by atoms with van der Waals surface area (Å²) < 4.78 is 9.81. The molecule has 0 radical (unpaired) electrons. The van der Waals surface area contributed by atoms with Crippen molar-refractivity contribution in [2.75, 3.05) is 0 Å². The van der Waals surface area contributed by atoms with Gasteiger partial charge in [0.2, 0.25) is 0 Å². The Morgan fingerprint density at radius 1 is 0.833 bits per heavy atom. The van der Waals surface area contributed by atoms with Crippen LogP contribution in [-0.4, -0.2) is 9.38 Å². The fourth-order valence-corrected chi connectivity index (χ4v) is 5.50. The number of aromatic nitrogens is 2. The van der Waals surface area contributed by atoms with Crippen molar-refractivity contribution in [1.82, 2.24) is 9.38 Å². The lowest BCUT2D eigenvalue weighted by Gasteiger charge is -2.04. The number of nitrogens with zero attached hydrogens (tertiary/aromatic N) is 2. The minimum absolute atomic E-state index is 0.923. The molecule has 4 aromatic carbocycles. The minimum Gasteiger partial charge on any atom is -0.455 e. The molecule has 0 aliphatic heterocycles. The first-order valence-corrected chi connectivity index (χ1v) is 10.8. The lowest BCUT2D eigenvalue weighted by atomic mass is 10.0. The lowest BCUT2D eigenvalue weighted by molar-refractivity contribution is 0.670. The molecule has 142 valence electrons. The van der Waals surface area contributed by atoms with Gasteiger partial charge in [-0.25, -0.2) is 4.98 Å². The fraction of sp³-hybridized carbons (Fsp3) is 0.0385. The summed E-state index contributed by atoms with van der Waals surface area (Å²) in [6, 6.07) is 27.7. The van der Waals surface area contributed by atoms with Crippen molar-refractivity contribution in [1.29, 1.82) is 0 Å². The van der Waals surface area contributed by atoms with Gasteiger partial charge < -0.3 is 4.42 Å². The number of hydrogen-bond acceptors (Lipinski definition) is 3. The van der Waals surface area contributed by atoms with Crippen LogP contribution in [0.15, 0.2) is 83.3 Å². The third-order valence-corrected chi connectivity index (χ3v) is 6.92. The second-order valence-electron chi connectivity index (χ2n) is 7.79. The highest BCUT2D eigenvalue weighted by Gasteiger charge is 2.15. The molecule has 0 N–H and O–H groups in total. The molecule has 0 aliphatic carbocycles. The predicted octanol–water partition coefficient (Wildman–Crippen LogP) is 7.58. The third kappa shape index (κ3) is 2.11. The van der Waals surface area contributed by atoms with Gasteiger partial charge in [0.25, 0.3) is 0 Å². The van der Waals surface area contributed by atoms with Crippen LogP contribution in [0, 0.1) is 6.92 Å². The van der Waals surface area contributed by atoms with E-state index in [9.17, 15) is 0 Å². The van der Waals surface area contributed by atoms with Gasteiger partial charge in [0.15, 0.2) is 4.96 Å². The van der Waals surface area contributed by atoms with E-state index in [1.165, 1.54) is 15.8 Å². The molecule has 0 amide bonds. The first kappa shape index (κ1) is 16.2. The third-order valence-electron chi connectivity index (χ3n) is 5.90. The number of aryl methyl sites for hydroxylation is 1. The predicted molar refractivity (Wildman–Crippen MR) is 126 cm³/mol. The highest BCUT2D eigenvalue weighted by Crippen LogP contribution is 2.37. The molecule has 3 nitrogen and oxygen atoms in total. The number of hydrogen-bond donors (Lipinski definition) is 0. The van der Waals surface area contributed by atoms with Gasteiger partial charge in [0, 0.05) is 16.3 Å². The van der Waals surface area contributed by atoms with Gasteiger partial charge >= 0.3 is 0 Å². The average Bonchev–Trinajstić information content (AvgIpc) is 3.42. The van der Waals surface area contributed by atoms with Crippen LogP contribution in [0.3, 0.4) is 0 Å². The molecule has 3 heterocycles. The van der Waals surface area contributed by atoms with E-state index in [1.807, 2.05) is 12.1 Å². The standard InChI is InChI=1S/C26H16N2OS/c1-15-9-12-24-22(13-15)28-21-14-16(10-11-20(21)27-26(28)30-24)17-6-4-7-19-18-5-2-3-8-23(18)29-25(17)19/h2-14H,1H3. The largest absolute Gasteiger partial charge is 0.455 e. The van der Waals surface area contributed by atoms with Crippen LogP contribution in [0.25, 0.3) is 59.3 Å². The van der Waals surface area contributed by atoms with Crippen molar-refractivity contribution in [3.8, 4) is 11.1 Å². The van der Waals surface area contributed by atoms with Crippen molar-refractivity contribution < 1.29 is 4.42 Å². The van der Waals surface area contributed by atoms with E-state index >= 15 is 0 Å². The second-order valence-corrected chi connectivity index (χ2v) is 8.80. The molecule has 0 saturated heterocycles. The minimum atomic E-state index is 0.923. The zero-order valence-corrected chi connectivity index (χ0v) is 17.0. The van der Waals surface area contributed by atoms with Gasteiger partial charge in [0.1, 0.15) is 11.2 Å². The van der Waals surface area contributed by atoms with Crippen LogP contribution in [0.2, 0.25) is 0 Å². The summed E-state index contributed by atoms with van der Waals surface area (Å²) in [5.74, 6) is 0. The number of rotatable bonds is 1. The Balaban J connectivity index is 1.56. The second kappa shape index (κ2) is 5.71. The normalized spacial score (nSPS) is 12.2. The number of thiazole rings is 1. The smallest absolute Gasteiger partial charge is 0.195 e. The van der Waals surface area contributed by atoms with E-state index in [4.69, 9.17) is 9.40 Å². The molecule has 0 unspecified atom stereocenters. The maximum Gasteiger partial charge on any atom is 0.195 e. The average molecular weight is 404 g/mol. The summed E-state index contributed by atoms with van der Waals surface area (Å²) in [5, 5.41) is 2.31. The zero-order chi connectivity index (χ0) is 19.8. The van der Waals surface area contributed by atoms with Crippen LogP contribution < -0.4 is 0 Å². The van der Waals surface area contributed by atoms with Gasteiger partial charge in [-0.2, -0.15) is 0 Å². The molecule has 3 aromatic heterocycles. The Hall–Kier alpha value is -3.63. The van der Waals surface area contributed by atoms with Crippen LogP contribution >= 0.6 is 11.3 Å². The lowest BCUT2D eigenvalue weighted by Crippen LogP contribution is -1.84. The van der Waals surface area contributed by atoms with Gasteiger partial charge in [-0.3, -0.25) is 4.40 Å². The molecule has 0 fully saturated rings.